The first-order valence-electron chi connectivity index (χ1n) is 6.69. The second-order valence-corrected chi connectivity index (χ2v) is 4.89. The zero-order valence-corrected chi connectivity index (χ0v) is 11.3. The fourth-order valence-corrected chi connectivity index (χ4v) is 2.31. The summed E-state index contributed by atoms with van der Waals surface area (Å²) in [5.41, 5.74) is 6.03. The van der Waals surface area contributed by atoms with E-state index in [1.807, 2.05) is 49.4 Å². The minimum atomic E-state index is -0.296. The van der Waals surface area contributed by atoms with Gasteiger partial charge in [0.1, 0.15) is 11.5 Å². The van der Waals surface area contributed by atoms with Crippen molar-refractivity contribution in [2.24, 2.45) is 5.73 Å². The fraction of sp³-hybridized carbons (Fsp3) is 0.176. The van der Waals surface area contributed by atoms with Gasteiger partial charge in [0, 0.05) is 11.4 Å². The van der Waals surface area contributed by atoms with E-state index < -0.39 is 0 Å². The van der Waals surface area contributed by atoms with Crippen LogP contribution in [0.4, 0.5) is 0 Å². The molecule has 0 bridgehead atoms. The molecule has 3 aromatic rings. The van der Waals surface area contributed by atoms with Crippen LogP contribution in [-0.4, -0.2) is 6.04 Å². The summed E-state index contributed by atoms with van der Waals surface area (Å²) in [6.07, 6.45) is 1.34. The summed E-state index contributed by atoms with van der Waals surface area (Å²) in [5, 5.41) is 2.22. The van der Waals surface area contributed by atoms with Crippen LogP contribution in [-0.2, 0) is 0 Å². The standard InChI is InChI=1S/C17H17NO2/c1-12(18)17(16-10-5-11-19-16)20-15-9-4-7-13-6-2-3-8-14(13)15/h2-12,17H,18H2,1H3. The van der Waals surface area contributed by atoms with Crippen molar-refractivity contribution < 1.29 is 9.15 Å². The van der Waals surface area contributed by atoms with E-state index in [9.17, 15) is 0 Å². The Morgan fingerprint density at radius 1 is 1.00 bits per heavy atom. The second-order valence-electron chi connectivity index (χ2n) is 4.89. The molecule has 1 aromatic heterocycles. The minimum absolute atomic E-state index is 0.167. The molecule has 0 aliphatic carbocycles. The van der Waals surface area contributed by atoms with Crippen molar-refractivity contribution in [2.45, 2.75) is 19.1 Å². The van der Waals surface area contributed by atoms with Gasteiger partial charge in [-0.05, 0) is 30.5 Å². The molecule has 20 heavy (non-hydrogen) atoms. The first-order valence-corrected chi connectivity index (χ1v) is 6.69. The Bertz CT molecular complexity index is 684. The highest BCUT2D eigenvalue weighted by Crippen LogP contribution is 2.30. The van der Waals surface area contributed by atoms with Crippen LogP contribution >= 0.6 is 0 Å². The Morgan fingerprint density at radius 2 is 1.80 bits per heavy atom. The van der Waals surface area contributed by atoms with Crippen molar-refractivity contribution in [3.05, 3.63) is 66.6 Å². The average molecular weight is 267 g/mol. The minimum Gasteiger partial charge on any atom is -0.480 e. The third-order valence-electron chi connectivity index (χ3n) is 3.30. The van der Waals surface area contributed by atoms with Gasteiger partial charge < -0.3 is 14.9 Å². The molecule has 0 aliphatic heterocycles. The lowest BCUT2D eigenvalue weighted by Crippen LogP contribution is -2.28. The van der Waals surface area contributed by atoms with Crippen LogP contribution in [0.1, 0.15) is 18.8 Å². The van der Waals surface area contributed by atoms with Crippen LogP contribution in [0.15, 0.2) is 65.3 Å². The van der Waals surface area contributed by atoms with Crippen molar-refractivity contribution in [2.75, 3.05) is 0 Å². The van der Waals surface area contributed by atoms with Gasteiger partial charge in [0.2, 0.25) is 0 Å². The van der Waals surface area contributed by atoms with Crippen LogP contribution in [0.3, 0.4) is 0 Å². The molecule has 0 spiro atoms. The molecule has 3 rings (SSSR count). The van der Waals surface area contributed by atoms with Gasteiger partial charge in [-0.1, -0.05) is 36.4 Å². The Morgan fingerprint density at radius 3 is 2.55 bits per heavy atom. The topological polar surface area (TPSA) is 48.4 Å². The number of hydrogen-bond donors (Lipinski definition) is 1. The fourth-order valence-electron chi connectivity index (χ4n) is 2.31. The van der Waals surface area contributed by atoms with Crippen molar-refractivity contribution in [1.29, 1.82) is 0 Å². The third-order valence-corrected chi connectivity index (χ3v) is 3.30. The largest absolute Gasteiger partial charge is 0.480 e. The molecule has 1 heterocycles. The molecule has 2 atom stereocenters. The first-order chi connectivity index (χ1) is 9.75. The summed E-state index contributed by atoms with van der Waals surface area (Å²) in [5.74, 6) is 1.56. The van der Waals surface area contributed by atoms with Crippen LogP contribution in [0, 0.1) is 0 Å². The molecule has 0 radical (unpaired) electrons. The summed E-state index contributed by atoms with van der Waals surface area (Å²) in [6, 6.07) is 17.7. The van der Waals surface area contributed by atoms with E-state index in [-0.39, 0.29) is 12.1 Å². The molecule has 2 unspecified atom stereocenters. The number of nitrogens with two attached hydrogens (primary N) is 1. The van der Waals surface area contributed by atoms with Gasteiger partial charge in [0.05, 0.1) is 6.26 Å². The van der Waals surface area contributed by atoms with Crippen molar-refractivity contribution in [1.82, 2.24) is 0 Å². The number of rotatable bonds is 4. The highest BCUT2D eigenvalue weighted by atomic mass is 16.5. The maximum Gasteiger partial charge on any atom is 0.171 e. The maximum absolute atomic E-state index is 6.11. The van der Waals surface area contributed by atoms with Gasteiger partial charge in [-0.2, -0.15) is 0 Å². The Hall–Kier alpha value is -2.26. The smallest absolute Gasteiger partial charge is 0.171 e. The highest BCUT2D eigenvalue weighted by Gasteiger charge is 2.21. The summed E-state index contributed by atoms with van der Waals surface area (Å²) < 4.78 is 11.6. The van der Waals surface area contributed by atoms with Crippen LogP contribution in [0.2, 0.25) is 0 Å². The van der Waals surface area contributed by atoms with Gasteiger partial charge >= 0.3 is 0 Å². The molecule has 3 nitrogen and oxygen atoms in total. The highest BCUT2D eigenvalue weighted by molar-refractivity contribution is 5.88. The Balaban J connectivity index is 1.99. The van der Waals surface area contributed by atoms with E-state index in [0.717, 1.165) is 22.3 Å². The van der Waals surface area contributed by atoms with Gasteiger partial charge in [-0.15, -0.1) is 0 Å². The lowest BCUT2D eigenvalue weighted by atomic mass is 10.1. The zero-order valence-electron chi connectivity index (χ0n) is 11.3. The van der Waals surface area contributed by atoms with E-state index in [1.165, 1.54) is 0 Å². The summed E-state index contributed by atoms with van der Waals surface area (Å²) in [6.45, 7) is 1.91. The van der Waals surface area contributed by atoms with Crippen LogP contribution in [0.25, 0.3) is 10.8 Å². The maximum atomic E-state index is 6.11. The molecule has 0 amide bonds. The zero-order chi connectivity index (χ0) is 13.9. The lowest BCUT2D eigenvalue weighted by Gasteiger charge is -2.21. The molecule has 0 fully saturated rings. The van der Waals surface area contributed by atoms with Gasteiger partial charge in [0.15, 0.2) is 6.10 Å². The number of hydrogen-bond acceptors (Lipinski definition) is 3. The number of benzene rings is 2. The number of fused-ring (bicyclic) bond motifs is 1. The van der Waals surface area contributed by atoms with Crippen LogP contribution < -0.4 is 10.5 Å². The quantitative estimate of drug-likeness (QED) is 0.780. The summed E-state index contributed by atoms with van der Waals surface area (Å²) >= 11 is 0. The molecule has 0 saturated carbocycles. The lowest BCUT2D eigenvalue weighted by molar-refractivity contribution is 0.155. The van der Waals surface area contributed by atoms with Gasteiger partial charge in [-0.25, -0.2) is 0 Å². The molecular weight excluding hydrogens is 250 g/mol. The number of furan rings is 1. The van der Waals surface area contributed by atoms with E-state index in [1.54, 1.807) is 6.26 Å². The third kappa shape index (κ3) is 2.40. The van der Waals surface area contributed by atoms with E-state index in [0.29, 0.717) is 0 Å². The van der Waals surface area contributed by atoms with Crippen LogP contribution in [0.5, 0.6) is 5.75 Å². The SMILES string of the molecule is CC(N)C(Oc1cccc2ccccc12)c1ccco1. The monoisotopic (exact) mass is 267 g/mol. The summed E-state index contributed by atoms with van der Waals surface area (Å²) in [4.78, 5) is 0. The molecule has 2 N–H and O–H groups in total. The molecule has 0 aliphatic rings. The number of ether oxygens (including phenoxy) is 1. The van der Waals surface area contributed by atoms with Gasteiger partial charge in [0.25, 0.3) is 0 Å². The molecule has 2 aromatic carbocycles. The van der Waals surface area contributed by atoms with Crippen molar-refractivity contribution in [3.63, 3.8) is 0 Å². The first kappa shape index (κ1) is 12.8. The molecule has 3 heteroatoms. The predicted molar refractivity (Wildman–Crippen MR) is 79.7 cm³/mol. The molecule has 0 saturated heterocycles. The summed E-state index contributed by atoms with van der Waals surface area (Å²) in [7, 11) is 0. The van der Waals surface area contributed by atoms with Crippen molar-refractivity contribution in [3.8, 4) is 5.75 Å². The van der Waals surface area contributed by atoms with E-state index >= 15 is 0 Å². The molecular formula is C17H17NO2. The molecule has 102 valence electrons. The second kappa shape index (κ2) is 5.39. The van der Waals surface area contributed by atoms with Gasteiger partial charge in [-0.3, -0.25) is 0 Å². The van der Waals surface area contributed by atoms with E-state index in [2.05, 4.69) is 12.1 Å². The normalized spacial score (nSPS) is 14.1. The Labute approximate surface area is 118 Å². The predicted octanol–water partition coefficient (Wildman–Crippen LogP) is 3.90. The van der Waals surface area contributed by atoms with Crippen molar-refractivity contribution >= 4 is 10.8 Å². The average Bonchev–Trinajstić information content (AvgIpc) is 2.98. The van der Waals surface area contributed by atoms with E-state index in [4.69, 9.17) is 14.9 Å². The Kier molecular flexibility index (Phi) is 3.44.